The number of hydrogen-bond acceptors (Lipinski definition) is 3. The molecule has 1 saturated heterocycles. The van der Waals surface area contributed by atoms with Crippen molar-refractivity contribution in [2.75, 3.05) is 0 Å². The van der Waals surface area contributed by atoms with Gasteiger partial charge in [0.05, 0.1) is 4.20 Å². The number of benzene rings is 1. The van der Waals surface area contributed by atoms with Gasteiger partial charge in [-0.05, 0) is 12.5 Å². The fraction of sp³-hybridized carbons (Fsp3) is 0.200. The average Bonchev–Trinajstić information content (AvgIpc) is 2.43. The molecule has 0 radical (unpaired) electrons. The number of hydrogen-bond donors (Lipinski definition) is 1. The van der Waals surface area contributed by atoms with Crippen LogP contribution >= 0.6 is 36.2 Å². The maximum Gasteiger partial charge on any atom is 0.140 e. The smallest absolute Gasteiger partial charge is 0.140 e. The first-order valence-electron chi connectivity index (χ1n) is 4.23. The lowest BCUT2D eigenvalue weighted by Gasteiger charge is -2.24. The van der Waals surface area contributed by atoms with E-state index in [4.69, 9.17) is 24.4 Å². The highest BCUT2D eigenvalue weighted by molar-refractivity contribution is 8.38. The molecule has 1 unspecified atom stereocenters. The molecule has 0 bridgehead atoms. The summed E-state index contributed by atoms with van der Waals surface area (Å²) in [7, 11) is 0. The van der Waals surface area contributed by atoms with Crippen LogP contribution in [0.1, 0.15) is 12.5 Å². The van der Waals surface area contributed by atoms with Gasteiger partial charge in [-0.2, -0.15) is 0 Å². The van der Waals surface area contributed by atoms with Crippen molar-refractivity contribution in [1.82, 2.24) is 5.32 Å². The second-order valence-corrected chi connectivity index (χ2v) is 5.65. The molecular formula is C10H9NS3. The maximum atomic E-state index is 5.33. The van der Waals surface area contributed by atoms with Crippen LogP contribution in [0.2, 0.25) is 0 Å². The standard InChI is InChI=1S/C10H9NS3/c1-10(7-5-3-2-4-6-7)8(12)14-9(13)11-10/h2-6H,1H3,(H,11,13). The molecule has 4 heteroatoms. The van der Waals surface area contributed by atoms with Crippen LogP contribution in [-0.4, -0.2) is 8.52 Å². The summed E-state index contributed by atoms with van der Waals surface area (Å²) in [6, 6.07) is 10.1. The van der Waals surface area contributed by atoms with Crippen molar-refractivity contribution in [2.45, 2.75) is 12.5 Å². The largest absolute Gasteiger partial charge is 0.356 e. The summed E-state index contributed by atoms with van der Waals surface area (Å²) in [4.78, 5) is 0. The third-order valence-electron chi connectivity index (χ3n) is 2.30. The van der Waals surface area contributed by atoms with E-state index in [1.807, 2.05) is 18.2 Å². The normalized spacial score (nSPS) is 26.4. The minimum absolute atomic E-state index is 0.279. The van der Waals surface area contributed by atoms with Gasteiger partial charge in [0.2, 0.25) is 0 Å². The van der Waals surface area contributed by atoms with E-state index in [1.54, 1.807) is 0 Å². The highest BCUT2D eigenvalue weighted by Crippen LogP contribution is 2.34. The van der Waals surface area contributed by atoms with Crippen molar-refractivity contribution in [3.63, 3.8) is 0 Å². The van der Waals surface area contributed by atoms with E-state index in [0.717, 1.165) is 14.1 Å². The number of rotatable bonds is 1. The lowest BCUT2D eigenvalue weighted by molar-refractivity contribution is 0.625. The van der Waals surface area contributed by atoms with Gasteiger partial charge in [0.1, 0.15) is 9.86 Å². The molecule has 0 saturated carbocycles. The molecule has 1 atom stereocenters. The fourth-order valence-corrected chi connectivity index (χ4v) is 3.26. The SMILES string of the molecule is CC1(c2ccccc2)NC(=S)SC1=S. The van der Waals surface area contributed by atoms with Gasteiger partial charge in [0, 0.05) is 0 Å². The molecule has 0 aromatic heterocycles. The second kappa shape index (κ2) is 3.61. The van der Waals surface area contributed by atoms with Gasteiger partial charge in [-0.25, -0.2) is 0 Å². The average molecular weight is 239 g/mol. The molecule has 72 valence electrons. The Bertz CT molecular complexity index is 388. The predicted octanol–water partition coefficient (Wildman–Crippen LogP) is 2.85. The van der Waals surface area contributed by atoms with Crippen molar-refractivity contribution >= 4 is 44.7 Å². The van der Waals surface area contributed by atoms with Crippen LogP contribution in [0.5, 0.6) is 0 Å². The molecule has 0 amide bonds. The molecule has 14 heavy (non-hydrogen) atoms. The summed E-state index contributed by atoms with van der Waals surface area (Å²) in [5, 5.41) is 3.25. The van der Waals surface area contributed by atoms with Gasteiger partial charge >= 0.3 is 0 Å². The molecule has 1 aromatic carbocycles. The lowest BCUT2D eigenvalue weighted by Crippen LogP contribution is -2.39. The van der Waals surface area contributed by atoms with Gasteiger partial charge in [0.15, 0.2) is 0 Å². The molecule has 1 N–H and O–H groups in total. The van der Waals surface area contributed by atoms with E-state index < -0.39 is 0 Å². The van der Waals surface area contributed by atoms with Crippen molar-refractivity contribution < 1.29 is 0 Å². The van der Waals surface area contributed by atoms with Crippen LogP contribution < -0.4 is 5.32 Å². The van der Waals surface area contributed by atoms with E-state index in [9.17, 15) is 0 Å². The molecule has 1 heterocycles. The zero-order valence-electron chi connectivity index (χ0n) is 7.61. The van der Waals surface area contributed by atoms with Crippen LogP contribution in [0.25, 0.3) is 0 Å². The lowest BCUT2D eigenvalue weighted by atomic mass is 9.94. The van der Waals surface area contributed by atoms with Crippen molar-refractivity contribution in [1.29, 1.82) is 0 Å². The Morgan fingerprint density at radius 2 is 1.86 bits per heavy atom. The van der Waals surface area contributed by atoms with Crippen LogP contribution in [0.3, 0.4) is 0 Å². The number of thioether (sulfide) groups is 1. The molecule has 1 fully saturated rings. The summed E-state index contributed by atoms with van der Waals surface area (Å²) in [5.74, 6) is 0. The first kappa shape index (κ1) is 10.1. The minimum atomic E-state index is -0.279. The van der Waals surface area contributed by atoms with Crippen molar-refractivity contribution in [3.8, 4) is 0 Å². The highest BCUT2D eigenvalue weighted by Gasteiger charge is 2.38. The second-order valence-electron chi connectivity index (χ2n) is 3.29. The number of thiocarbonyl (C=S) groups is 2. The fourth-order valence-electron chi connectivity index (χ4n) is 1.43. The molecule has 1 aliphatic rings. The third-order valence-corrected chi connectivity index (χ3v) is 4.19. The van der Waals surface area contributed by atoms with E-state index in [-0.39, 0.29) is 5.54 Å². The first-order chi connectivity index (χ1) is 6.63. The van der Waals surface area contributed by atoms with Crippen molar-refractivity contribution in [3.05, 3.63) is 35.9 Å². The minimum Gasteiger partial charge on any atom is -0.356 e. The van der Waals surface area contributed by atoms with Crippen LogP contribution in [0.4, 0.5) is 0 Å². The van der Waals surface area contributed by atoms with E-state index in [1.165, 1.54) is 11.8 Å². The number of nitrogens with one attached hydrogen (secondary N) is 1. The van der Waals surface area contributed by atoms with Crippen molar-refractivity contribution in [2.24, 2.45) is 0 Å². The summed E-state index contributed by atoms with van der Waals surface area (Å²) in [6.07, 6.45) is 0. The molecule has 1 aromatic rings. The van der Waals surface area contributed by atoms with Crippen LogP contribution in [-0.2, 0) is 5.54 Å². The Kier molecular flexibility index (Phi) is 2.60. The van der Waals surface area contributed by atoms with Gasteiger partial charge in [-0.3, -0.25) is 0 Å². The molecule has 1 aliphatic heterocycles. The molecule has 0 spiro atoms. The first-order valence-corrected chi connectivity index (χ1v) is 5.86. The predicted molar refractivity (Wildman–Crippen MR) is 69.7 cm³/mol. The van der Waals surface area contributed by atoms with Gasteiger partial charge in [-0.1, -0.05) is 66.5 Å². The highest BCUT2D eigenvalue weighted by atomic mass is 32.2. The molecule has 1 nitrogen and oxygen atoms in total. The topological polar surface area (TPSA) is 12.0 Å². The van der Waals surface area contributed by atoms with Crippen LogP contribution in [0.15, 0.2) is 30.3 Å². The Balaban J connectivity index is 2.43. The van der Waals surface area contributed by atoms with Gasteiger partial charge in [0.25, 0.3) is 0 Å². The Morgan fingerprint density at radius 3 is 2.36 bits per heavy atom. The Morgan fingerprint density at radius 1 is 1.21 bits per heavy atom. The summed E-state index contributed by atoms with van der Waals surface area (Å²) in [5.41, 5.74) is 0.885. The summed E-state index contributed by atoms with van der Waals surface area (Å²) in [6.45, 7) is 2.07. The molecule has 2 rings (SSSR count). The summed E-state index contributed by atoms with van der Waals surface area (Å²) >= 11 is 11.9. The molecule has 0 aliphatic carbocycles. The quantitative estimate of drug-likeness (QED) is 0.756. The zero-order valence-corrected chi connectivity index (χ0v) is 10.1. The molecular weight excluding hydrogens is 230 g/mol. The Hall–Kier alpha value is -0.450. The third kappa shape index (κ3) is 1.58. The monoisotopic (exact) mass is 239 g/mol. The van der Waals surface area contributed by atoms with E-state index >= 15 is 0 Å². The van der Waals surface area contributed by atoms with E-state index in [2.05, 4.69) is 24.4 Å². The van der Waals surface area contributed by atoms with E-state index in [0.29, 0.717) is 0 Å². The Labute approximate surface area is 98.3 Å². The van der Waals surface area contributed by atoms with Crippen LogP contribution in [0, 0.1) is 0 Å². The summed E-state index contributed by atoms with van der Waals surface area (Å²) < 4.78 is 1.66. The maximum absolute atomic E-state index is 5.33. The zero-order chi connectivity index (χ0) is 10.2. The van der Waals surface area contributed by atoms with Gasteiger partial charge < -0.3 is 5.32 Å². The van der Waals surface area contributed by atoms with Gasteiger partial charge in [-0.15, -0.1) is 0 Å².